The van der Waals surface area contributed by atoms with E-state index in [2.05, 4.69) is 29.3 Å². The Morgan fingerprint density at radius 3 is 2.59 bits per heavy atom. The Hall–Kier alpha value is -1.14. The highest BCUT2D eigenvalue weighted by atomic mass is 35.5. The summed E-state index contributed by atoms with van der Waals surface area (Å²) in [5.41, 5.74) is 0.760. The Morgan fingerprint density at radius 2 is 2.00 bits per heavy atom. The fraction of sp³-hybridized carbons (Fsp3) is 0.545. The second-order valence-corrected chi connectivity index (χ2v) is 8.57. The lowest BCUT2D eigenvalue weighted by Crippen LogP contribution is -2.46. The van der Waals surface area contributed by atoms with Gasteiger partial charge in [0.15, 0.2) is 17.0 Å². The molecule has 27 heavy (non-hydrogen) atoms. The number of nitrogens with one attached hydrogen (secondary N) is 1. The Bertz CT molecular complexity index is 944. The second-order valence-electron chi connectivity index (χ2n) is 5.80. The van der Waals surface area contributed by atoms with Crippen LogP contribution in [0.5, 0.6) is 0 Å². The molecule has 1 saturated carbocycles. The van der Waals surface area contributed by atoms with E-state index < -0.39 is 40.3 Å². The fourth-order valence-electron chi connectivity index (χ4n) is 2.97. The quantitative estimate of drug-likeness (QED) is 0.297. The van der Waals surface area contributed by atoms with Crippen molar-refractivity contribution in [2.75, 3.05) is 19.0 Å². The lowest BCUT2D eigenvalue weighted by atomic mass is 9.77. The number of phosphoric ester groups is 2. The van der Waals surface area contributed by atoms with E-state index in [9.17, 15) is 9.13 Å². The van der Waals surface area contributed by atoms with Gasteiger partial charge in [-0.3, -0.25) is 9.05 Å². The van der Waals surface area contributed by atoms with Gasteiger partial charge >= 0.3 is 15.6 Å². The maximum Gasteiger partial charge on any atom is 0.469 e. The number of phosphoric acid groups is 2. The molecule has 0 amide bonds. The molecule has 0 spiro atoms. The normalized spacial score (nSPS) is 23.4. The third kappa shape index (κ3) is 4.65. The number of hydrogen-bond acceptors (Lipinski definition) is 8. The van der Waals surface area contributed by atoms with Crippen LogP contribution in [0.15, 0.2) is 6.33 Å². The number of fused-ring (bicyclic) bond motifs is 1. The summed E-state index contributed by atoms with van der Waals surface area (Å²) in [6, 6.07) is -0.492. The summed E-state index contributed by atoms with van der Waals surface area (Å²) >= 11 is 5.91. The third-order valence-electron chi connectivity index (χ3n) is 4.14. The molecule has 1 aliphatic rings. The van der Waals surface area contributed by atoms with E-state index in [1.54, 1.807) is 11.6 Å². The molecule has 0 unspecified atom stereocenters. The first-order valence-electron chi connectivity index (χ1n) is 7.50. The molecule has 3 rings (SSSR count). The summed E-state index contributed by atoms with van der Waals surface area (Å²) in [5.74, 6) is -0.386. The van der Waals surface area contributed by atoms with E-state index in [-0.39, 0.29) is 11.7 Å². The van der Waals surface area contributed by atoms with Crippen molar-refractivity contribution < 1.29 is 37.8 Å². The van der Waals surface area contributed by atoms with Crippen molar-refractivity contribution in [3.8, 4) is 0 Å². The van der Waals surface area contributed by atoms with Gasteiger partial charge in [0, 0.05) is 19.0 Å². The highest BCUT2D eigenvalue weighted by Gasteiger charge is 2.47. The Labute approximate surface area is 157 Å². The van der Waals surface area contributed by atoms with Crippen LogP contribution in [0.25, 0.3) is 11.2 Å². The van der Waals surface area contributed by atoms with Crippen molar-refractivity contribution in [2.24, 2.45) is 5.92 Å². The van der Waals surface area contributed by atoms with Crippen LogP contribution in [0.1, 0.15) is 12.5 Å². The largest absolute Gasteiger partial charge is 0.469 e. The summed E-state index contributed by atoms with van der Waals surface area (Å²) < 4.78 is 32.9. The first kappa shape index (κ1) is 20.6. The molecule has 2 aromatic rings. The summed E-state index contributed by atoms with van der Waals surface area (Å²) in [6.07, 6.45) is 0.600. The van der Waals surface area contributed by atoms with Crippen molar-refractivity contribution in [1.29, 1.82) is 0 Å². The first-order chi connectivity index (χ1) is 12.5. The summed E-state index contributed by atoms with van der Waals surface area (Å²) in [5, 5.41) is 2.79. The molecule has 0 saturated heterocycles. The molecule has 2 aromatic heterocycles. The van der Waals surface area contributed by atoms with Gasteiger partial charge in [-0.2, -0.15) is 9.97 Å². The molecule has 0 radical (unpaired) electrons. The molecular formula is C11H16ClN5O8P2. The number of hydrogen-bond donors (Lipinski definition) is 5. The SMILES string of the molecule is CNc1nc(Cl)nc2c1ncn2[C@@H]1C[C@H](OP(=O)(O)O)[C@H]1COP(=O)(O)O. The molecule has 3 atom stereocenters. The molecular weight excluding hydrogens is 428 g/mol. The van der Waals surface area contributed by atoms with Crippen LogP contribution < -0.4 is 5.32 Å². The number of rotatable bonds is 7. The van der Waals surface area contributed by atoms with E-state index in [0.29, 0.717) is 17.0 Å². The van der Waals surface area contributed by atoms with Crippen molar-refractivity contribution in [1.82, 2.24) is 19.5 Å². The maximum atomic E-state index is 11.1. The highest BCUT2D eigenvalue weighted by molar-refractivity contribution is 7.46. The van der Waals surface area contributed by atoms with E-state index in [0.717, 1.165) is 0 Å². The average Bonchev–Trinajstić information content (AvgIpc) is 2.91. The molecule has 0 aromatic carbocycles. The average molecular weight is 444 g/mol. The van der Waals surface area contributed by atoms with Crippen LogP contribution in [0.3, 0.4) is 0 Å². The highest BCUT2D eigenvalue weighted by Crippen LogP contribution is 2.51. The minimum atomic E-state index is -4.79. The minimum Gasteiger partial charge on any atom is -0.371 e. The Kier molecular flexibility index (Phi) is 5.61. The number of imidazole rings is 1. The van der Waals surface area contributed by atoms with E-state index in [1.165, 1.54) is 6.33 Å². The Morgan fingerprint density at radius 1 is 1.30 bits per heavy atom. The number of nitrogens with zero attached hydrogens (tertiary/aromatic N) is 4. The third-order valence-corrected chi connectivity index (χ3v) is 5.34. The molecule has 2 heterocycles. The van der Waals surface area contributed by atoms with Crippen LogP contribution in [-0.4, -0.2) is 58.9 Å². The van der Waals surface area contributed by atoms with Gasteiger partial charge in [0.05, 0.1) is 19.0 Å². The number of anilines is 1. The Balaban J connectivity index is 1.92. The van der Waals surface area contributed by atoms with Gasteiger partial charge in [0.1, 0.15) is 0 Å². The van der Waals surface area contributed by atoms with Gasteiger partial charge in [0.2, 0.25) is 5.28 Å². The van der Waals surface area contributed by atoms with Gasteiger partial charge in [-0.25, -0.2) is 14.1 Å². The molecule has 1 fully saturated rings. The predicted octanol–water partition coefficient (Wildman–Crippen LogP) is 0.670. The standard InChI is InChI=1S/C11H16ClN5O8P2/c1-13-9-8-10(16-11(12)15-9)17(4-14-8)6-2-7(25-27(21,22)23)5(6)3-24-26(18,19)20/h4-7H,2-3H2,1H3,(H,13,15,16)(H2,18,19,20)(H2,21,22,23)/t5-,6+,7-/m0/s1. The van der Waals surface area contributed by atoms with Gasteiger partial charge in [-0.05, 0) is 18.0 Å². The molecule has 5 N–H and O–H groups in total. The van der Waals surface area contributed by atoms with Crippen LogP contribution >= 0.6 is 27.2 Å². The molecule has 13 nitrogen and oxygen atoms in total. The minimum absolute atomic E-state index is 0.0426. The van der Waals surface area contributed by atoms with Crippen LogP contribution in [0.4, 0.5) is 5.82 Å². The van der Waals surface area contributed by atoms with Crippen molar-refractivity contribution in [3.63, 3.8) is 0 Å². The smallest absolute Gasteiger partial charge is 0.371 e. The molecule has 0 bridgehead atoms. The first-order valence-corrected chi connectivity index (χ1v) is 10.9. The molecule has 16 heteroatoms. The van der Waals surface area contributed by atoms with Gasteiger partial charge < -0.3 is 29.5 Å². The molecule has 0 aliphatic heterocycles. The zero-order chi connectivity index (χ0) is 20.0. The number of aromatic nitrogens is 4. The van der Waals surface area contributed by atoms with Crippen LogP contribution in [0.2, 0.25) is 5.28 Å². The van der Waals surface area contributed by atoms with E-state index in [1.807, 2.05) is 0 Å². The van der Waals surface area contributed by atoms with Crippen molar-refractivity contribution in [2.45, 2.75) is 18.6 Å². The van der Waals surface area contributed by atoms with Crippen LogP contribution in [-0.2, 0) is 18.2 Å². The fourth-order valence-corrected chi connectivity index (χ4v) is 4.09. The summed E-state index contributed by atoms with van der Waals surface area (Å²) in [6.45, 7) is -0.489. The zero-order valence-corrected chi connectivity index (χ0v) is 16.3. The summed E-state index contributed by atoms with van der Waals surface area (Å²) in [7, 11) is -7.95. The topological polar surface area (TPSA) is 189 Å². The van der Waals surface area contributed by atoms with Gasteiger partial charge in [0.25, 0.3) is 0 Å². The van der Waals surface area contributed by atoms with Crippen LogP contribution in [0, 0.1) is 5.92 Å². The van der Waals surface area contributed by atoms with Crippen molar-refractivity contribution in [3.05, 3.63) is 11.6 Å². The zero-order valence-electron chi connectivity index (χ0n) is 13.7. The number of halogens is 1. The van der Waals surface area contributed by atoms with Gasteiger partial charge in [-0.1, -0.05) is 0 Å². The molecule has 150 valence electrons. The second kappa shape index (κ2) is 7.36. The van der Waals surface area contributed by atoms with E-state index in [4.69, 9.17) is 31.2 Å². The lowest BCUT2D eigenvalue weighted by Gasteiger charge is -2.44. The van der Waals surface area contributed by atoms with E-state index >= 15 is 0 Å². The monoisotopic (exact) mass is 443 g/mol. The predicted molar refractivity (Wildman–Crippen MR) is 91.9 cm³/mol. The lowest BCUT2D eigenvalue weighted by molar-refractivity contribution is -0.0468. The maximum absolute atomic E-state index is 11.1. The van der Waals surface area contributed by atoms with Crippen molar-refractivity contribution >= 4 is 44.2 Å². The molecule has 1 aliphatic carbocycles. The summed E-state index contributed by atoms with van der Waals surface area (Å²) in [4.78, 5) is 48.2. The van der Waals surface area contributed by atoms with Gasteiger partial charge in [-0.15, -0.1) is 0 Å².